The lowest BCUT2D eigenvalue weighted by Gasteiger charge is -2.28. The van der Waals surface area contributed by atoms with Crippen LogP contribution in [0.1, 0.15) is 18.1 Å². The molecule has 1 aliphatic rings. The van der Waals surface area contributed by atoms with Crippen LogP contribution in [0.15, 0.2) is 41.3 Å². The van der Waals surface area contributed by atoms with Crippen molar-refractivity contribution >= 4 is 25.7 Å². The maximum absolute atomic E-state index is 13.9. The highest BCUT2D eigenvalue weighted by Crippen LogP contribution is 2.27. The van der Waals surface area contributed by atoms with Gasteiger partial charge in [-0.05, 0) is 54.8 Å². The van der Waals surface area contributed by atoms with Crippen molar-refractivity contribution in [2.24, 2.45) is 0 Å². The lowest BCUT2D eigenvalue weighted by Crippen LogP contribution is -2.36. The molecule has 10 heteroatoms. The van der Waals surface area contributed by atoms with Crippen LogP contribution in [-0.4, -0.2) is 40.5 Å². The monoisotopic (exact) mass is 428 g/mol. The normalized spacial score (nSPS) is 15.1. The number of hydrogen-bond donors (Lipinski definition) is 1. The second-order valence-electron chi connectivity index (χ2n) is 6.37. The average molecular weight is 429 g/mol. The Morgan fingerprint density at radius 3 is 2.50 bits per heavy atom. The summed E-state index contributed by atoms with van der Waals surface area (Å²) in [5.41, 5.74) is 2.00. The molecule has 3 rings (SSSR count). The molecule has 0 radical (unpaired) electrons. The van der Waals surface area contributed by atoms with E-state index < -0.39 is 25.9 Å². The molecule has 0 saturated heterocycles. The number of nitrogens with zero attached hydrogens (tertiary/aromatic N) is 1. The van der Waals surface area contributed by atoms with Crippen molar-refractivity contribution in [3.63, 3.8) is 0 Å². The van der Waals surface area contributed by atoms with E-state index in [0.717, 1.165) is 17.2 Å². The predicted octanol–water partition coefficient (Wildman–Crippen LogP) is 2.34. The van der Waals surface area contributed by atoms with Crippen LogP contribution >= 0.6 is 0 Å². The maximum Gasteiger partial charge on any atom is 0.262 e. The number of nitrogens with one attached hydrogen (secondary N) is 1. The molecule has 152 valence electrons. The van der Waals surface area contributed by atoms with Crippen LogP contribution in [0.5, 0.6) is 5.75 Å². The second-order valence-corrected chi connectivity index (χ2v) is 10.3. The van der Waals surface area contributed by atoms with E-state index in [9.17, 15) is 21.2 Å². The van der Waals surface area contributed by atoms with Gasteiger partial charge in [-0.2, -0.15) is 4.31 Å². The van der Waals surface area contributed by atoms with Crippen molar-refractivity contribution in [2.75, 3.05) is 24.1 Å². The van der Waals surface area contributed by atoms with Crippen molar-refractivity contribution in [1.82, 2.24) is 4.31 Å². The zero-order valence-electron chi connectivity index (χ0n) is 15.5. The summed E-state index contributed by atoms with van der Waals surface area (Å²) in [4.78, 5) is -0.237. The van der Waals surface area contributed by atoms with Crippen molar-refractivity contribution in [1.29, 1.82) is 0 Å². The minimum Gasteiger partial charge on any atom is -0.494 e. The smallest absolute Gasteiger partial charge is 0.262 e. The van der Waals surface area contributed by atoms with Gasteiger partial charge in [0.1, 0.15) is 0 Å². The Morgan fingerprint density at radius 1 is 1.11 bits per heavy atom. The quantitative estimate of drug-likeness (QED) is 0.762. The molecule has 0 aromatic heterocycles. The van der Waals surface area contributed by atoms with E-state index in [1.54, 1.807) is 25.1 Å². The fourth-order valence-electron chi connectivity index (χ4n) is 3.04. The maximum atomic E-state index is 13.9. The summed E-state index contributed by atoms with van der Waals surface area (Å²) in [6, 6.07) is 8.37. The predicted molar refractivity (Wildman–Crippen MR) is 104 cm³/mol. The molecule has 0 amide bonds. The third kappa shape index (κ3) is 4.13. The SMILES string of the molecule is CCS(=O)(=O)N1CCc2ccc(NS(=O)(=O)c3ccc(OC)c(F)c3)cc2C1. The number of sulfonamides is 2. The zero-order chi connectivity index (χ0) is 20.5. The zero-order valence-corrected chi connectivity index (χ0v) is 17.1. The number of halogens is 1. The average Bonchev–Trinajstić information content (AvgIpc) is 2.67. The molecule has 1 aliphatic heterocycles. The summed E-state index contributed by atoms with van der Waals surface area (Å²) < 4.78 is 71.8. The highest BCUT2D eigenvalue weighted by molar-refractivity contribution is 7.92. The lowest BCUT2D eigenvalue weighted by molar-refractivity contribution is 0.385. The van der Waals surface area contributed by atoms with Gasteiger partial charge in [0.2, 0.25) is 10.0 Å². The summed E-state index contributed by atoms with van der Waals surface area (Å²) in [7, 11) is -6.04. The van der Waals surface area contributed by atoms with Crippen molar-refractivity contribution in [2.45, 2.75) is 24.8 Å². The van der Waals surface area contributed by atoms with Crippen LogP contribution in [0, 0.1) is 5.82 Å². The van der Waals surface area contributed by atoms with E-state index in [4.69, 9.17) is 4.74 Å². The van der Waals surface area contributed by atoms with Gasteiger partial charge < -0.3 is 4.74 Å². The number of fused-ring (bicyclic) bond motifs is 1. The minimum absolute atomic E-state index is 0.0116. The first kappa shape index (κ1) is 20.6. The fourth-order valence-corrected chi connectivity index (χ4v) is 5.17. The number of hydrogen-bond acceptors (Lipinski definition) is 5. The molecule has 0 atom stereocenters. The highest BCUT2D eigenvalue weighted by atomic mass is 32.2. The molecule has 0 aliphatic carbocycles. The Kier molecular flexibility index (Phi) is 5.64. The third-order valence-electron chi connectivity index (χ3n) is 4.63. The molecule has 2 aromatic rings. The molecule has 0 fully saturated rings. The van der Waals surface area contributed by atoms with Crippen LogP contribution in [0.3, 0.4) is 0 Å². The highest BCUT2D eigenvalue weighted by Gasteiger charge is 2.26. The molecule has 1 N–H and O–H groups in total. The Labute approximate surface area is 164 Å². The molecule has 28 heavy (non-hydrogen) atoms. The Hall–Kier alpha value is -2.17. The Bertz CT molecular complexity index is 1100. The summed E-state index contributed by atoms with van der Waals surface area (Å²) >= 11 is 0. The molecule has 0 bridgehead atoms. The Morgan fingerprint density at radius 2 is 1.86 bits per heavy atom. The van der Waals surface area contributed by atoms with Crippen molar-refractivity contribution in [3.8, 4) is 5.75 Å². The molecular weight excluding hydrogens is 407 g/mol. The molecular formula is C18H21FN2O5S2. The van der Waals surface area contributed by atoms with Gasteiger partial charge in [-0.3, -0.25) is 4.72 Å². The molecule has 0 spiro atoms. The van der Waals surface area contributed by atoms with Gasteiger partial charge in [-0.15, -0.1) is 0 Å². The van der Waals surface area contributed by atoms with E-state index in [0.29, 0.717) is 13.0 Å². The first-order valence-electron chi connectivity index (χ1n) is 8.62. The summed E-state index contributed by atoms with van der Waals surface area (Å²) in [5.74, 6) is -0.821. The van der Waals surface area contributed by atoms with Crippen LogP contribution < -0.4 is 9.46 Å². The van der Waals surface area contributed by atoms with Gasteiger partial charge in [0.15, 0.2) is 11.6 Å². The van der Waals surface area contributed by atoms with Crippen LogP contribution in [0.25, 0.3) is 0 Å². The number of methoxy groups -OCH3 is 1. The molecule has 7 nitrogen and oxygen atoms in total. The second kappa shape index (κ2) is 7.69. The van der Waals surface area contributed by atoms with E-state index >= 15 is 0 Å². The largest absolute Gasteiger partial charge is 0.494 e. The fraction of sp³-hybridized carbons (Fsp3) is 0.333. The van der Waals surface area contributed by atoms with Crippen LogP contribution in [-0.2, 0) is 33.0 Å². The van der Waals surface area contributed by atoms with E-state index in [1.165, 1.54) is 23.5 Å². The van der Waals surface area contributed by atoms with E-state index in [1.807, 2.05) is 0 Å². The molecule has 0 unspecified atom stereocenters. The number of rotatable bonds is 6. The van der Waals surface area contributed by atoms with Gasteiger partial charge in [0.25, 0.3) is 10.0 Å². The van der Waals surface area contributed by atoms with Gasteiger partial charge in [-0.25, -0.2) is 21.2 Å². The summed E-state index contributed by atoms with van der Waals surface area (Å²) in [6.07, 6.45) is 0.561. The van der Waals surface area contributed by atoms with Crippen molar-refractivity contribution < 1.29 is 26.0 Å². The summed E-state index contributed by atoms with van der Waals surface area (Å²) in [5, 5.41) is 0. The Balaban J connectivity index is 1.86. The van der Waals surface area contributed by atoms with Crippen LogP contribution in [0.4, 0.5) is 10.1 Å². The molecule has 1 heterocycles. The topological polar surface area (TPSA) is 92.8 Å². The number of benzene rings is 2. The van der Waals surface area contributed by atoms with Crippen molar-refractivity contribution in [3.05, 3.63) is 53.3 Å². The van der Waals surface area contributed by atoms with E-state index in [-0.39, 0.29) is 28.6 Å². The van der Waals surface area contributed by atoms with Gasteiger partial charge in [0, 0.05) is 18.8 Å². The van der Waals surface area contributed by atoms with Gasteiger partial charge in [-0.1, -0.05) is 6.07 Å². The minimum atomic E-state index is -4.01. The number of anilines is 1. The molecule has 0 saturated carbocycles. The standard InChI is InChI=1S/C18H21FN2O5S2/c1-3-27(22,23)21-9-8-13-4-5-15(10-14(13)12-21)20-28(24,25)16-6-7-18(26-2)17(19)11-16/h4-7,10-11,20H,3,8-9,12H2,1-2H3. The first-order valence-corrected chi connectivity index (χ1v) is 11.7. The summed E-state index contributed by atoms with van der Waals surface area (Å²) in [6.45, 7) is 2.18. The lowest BCUT2D eigenvalue weighted by atomic mass is 10.0. The molecule has 2 aromatic carbocycles. The third-order valence-corrected chi connectivity index (χ3v) is 7.83. The van der Waals surface area contributed by atoms with Gasteiger partial charge >= 0.3 is 0 Å². The van der Waals surface area contributed by atoms with E-state index in [2.05, 4.69) is 4.72 Å². The first-order chi connectivity index (χ1) is 13.2. The van der Waals surface area contributed by atoms with Crippen LogP contribution in [0.2, 0.25) is 0 Å². The number of ether oxygens (including phenoxy) is 1. The van der Waals surface area contributed by atoms with Gasteiger partial charge in [0.05, 0.1) is 17.8 Å².